The van der Waals surface area contributed by atoms with Crippen molar-refractivity contribution in [3.05, 3.63) is 46.6 Å². The summed E-state index contributed by atoms with van der Waals surface area (Å²) in [5.74, 6) is 0.878. The normalized spacial score (nSPS) is 11.4. The number of methoxy groups -OCH3 is 1. The number of ether oxygens (including phenoxy) is 6. The molecule has 42 heavy (non-hydrogen) atoms. The number of nitrogens with one attached hydrogen (secondary N) is 1. The summed E-state index contributed by atoms with van der Waals surface area (Å²) < 4.78 is 32.3. The number of rotatable bonds is 25. The molecular formula is C33H55NO8. The van der Waals surface area contributed by atoms with Crippen molar-refractivity contribution in [2.75, 3.05) is 73.1 Å². The third-order valence-corrected chi connectivity index (χ3v) is 6.33. The van der Waals surface area contributed by atoms with Gasteiger partial charge in [0.15, 0.2) is 0 Å². The third kappa shape index (κ3) is 19.5. The minimum absolute atomic E-state index is 0.0881. The van der Waals surface area contributed by atoms with Crippen molar-refractivity contribution < 1.29 is 38.3 Å². The molecule has 0 spiro atoms. The van der Waals surface area contributed by atoms with Gasteiger partial charge in [0.05, 0.1) is 46.2 Å². The summed E-state index contributed by atoms with van der Waals surface area (Å²) in [7, 11) is 1.63. The number of hydrogen-bond acceptors (Lipinski definition) is 8. The predicted molar refractivity (Wildman–Crippen MR) is 167 cm³/mol. The fraction of sp³-hybridized carbons (Fsp3) is 0.667. The molecule has 1 amide bonds. The Morgan fingerprint density at radius 3 is 2.24 bits per heavy atom. The minimum atomic E-state index is -0.530. The number of unbranched alkanes of at least 4 members (excludes halogenated alkanes) is 2. The standard InChI is InChI=1S/C33H55NO8/c1-6-7-8-12-29-25-31(35)30(14-13-28(4)11-9-10-27(2)3)32(26-29)41-23-24-42-33(36)34-15-16-38-19-20-40-22-21-39-18-17-37-5/h10,13,25-26,35H,6-9,11-12,14-24H2,1-5H3,(H,34,36)/b28-13+. The van der Waals surface area contributed by atoms with Crippen molar-refractivity contribution in [2.45, 2.75) is 72.6 Å². The molecule has 0 radical (unpaired) electrons. The molecule has 0 aliphatic carbocycles. The van der Waals surface area contributed by atoms with Crippen LogP contribution in [0.3, 0.4) is 0 Å². The van der Waals surface area contributed by atoms with E-state index in [0.717, 1.165) is 49.7 Å². The van der Waals surface area contributed by atoms with Gasteiger partial charge in [-0.2, -0.15) is 0 Å². The van der Waals surface area contributed by atoms with E-state index in [4.69, 9.17) is 28.4 Å². The summed E-state index contributed by atoms with van der Waals surface area (Å²) in [4.78, 5) is 12.0. The monoisotopic (exact) mass is 593 g/mol. The number of phenols is 1. The van der Waals surface area contributed by atoms with Gasteiger partial charge >= 0.3 is 6.09 Å². The molecule has 9 heteroatoms. The average Bonchev–Trinajstić information content (AvgIpc) is 2.95. The van der Waals surface area contributed by atoms with Crippen LogP contribution in [-0.2, 0) is 36.5 Å². The molecule has 0 saturated carbocycles. The zero-order valence-corrected chi connectivity index (χ0v) is 26.6. The topological polar surface area (TPSA) is 105 Å². The minimum Gasteiger partial charge on any atom is -0.508 e. The van der Waals surface area contributed by atoms with Gasteiger partial charge in [-0.1, -0.05) is 43.1 Å². The second-order valence-corrected chi connectivity index (χ2v) is 10.4. The fourth-order valence-corrected chi connectivity index (χ4v) is 3.96. The number of aromatic hydroxyl groups is 1. The molecule has 0 aromatic heterocycles. The molecule has 1 rings (SSSR count). The SMILES string of the molecule is CCCCCc1cc(O)c(C/C=C(\C)CCC=C(C)C)c(OCCOC(=O)NCCOCCOCCOCCOC)c1. The Hall–Kier alpha value is -2.59. The van der Waals surface area contributed by atoms with Crippen LogP contribution in [0.5, 0.6) is 11.5 Å². The molecule has 0 heterocycles. The van der Waals surface area contributed by atoms with Crippen LogP contribution >= 0.6 is 0 Å². The van der Waals surface area contributed by atoms with Crippen LogP contribution in [0.2, 0.25) is 0 Å². The van der Waals surface area contributed by atoms with E-state index in [1.807, 2.05) is 12.1 Å². The van der Waals surface area contributed by atoms with Gasteiger partial charge in [0.1, 0.15) is 24.7 Å². The van der Waals surface area contributed by atoms with Gasteiger partial charge in [-0.25, -0.2) is 4.79 Å². The Bertz CT molecular complexity index is 912. The van der Waals surface area contributed by atoms with E-state index in [1.54, 1.807) is 7.11 Å². The van der Waals surface area contributed by atoms with Crippen molar-refractivity contribution >= 4 is 6.09 Å². The van der Waals surface area contributed by atoms with Crippen molar-refractivity contribution in [1.29, 1.82) is 0 Å². The number of carbonyl (C=O) groups excluding carboxylic acids is 1. The zero-order chi connectivity index (χ0) is 30.8. The highest BCUT2D eigenvalue weighted by Crippen LogP contribution is 2.32. The third-order valence-electron chi connectivity index (χ3n) is 6.33. The number of allylic oxidation sites excluding steroid dienone is 4. The van der Waals surface area contributed by atoms with Crippen LogP contribution < -0.4 is 10.1 Å². The summed E-state index contributed by atoms with van der Waals surface area (Å²) >= 11 is 0. The highest BCUT2D eigenvalue weighted by molar-refractivity contribution is 5.67. The maximum absolute atomic E-state index is 12.0. The average molecular weight is 594 g/mol. The first-order valence-corrected chi connectivity index (χ1v) is 15.3. The highest BCUT2D eigenvalue weighted by Gasteiger charge is 2.12. The van der Waals surface area contributed by atoms with Crippen molar-refractivity contribution in [2.24, 2.45) is 0 Å². The smallest absolute Gasteiger partial charge is 0.407 e. The van der Waals surface area contributed by atoms with E-state index in [2.05, 4.69) is 45.2 Å². The molecule has 0 aliphatic heterocycles. The second-order valence-electron chi connectivity index (χ2n) is 10.4. The Balaban J connectivity index is 2.43. The molecule has 0 fully saturated rings. The molecule has 1 aromatic rings. The van der Waals surface area contributed by atoms with E-state index >= 15 is 0 Å². The lowest BCUT2D eigenvalue weighted by Crippen LogP contribution is -2.29. The number of benzene rings is 1. The van der Waals surface area contributed by atoms with Crippen LogP contribution in [0.4, 0.5) is 4.79 Å². The van der Waals surface area contributed by atoms with Crippen molar-refractivity contribution in [3.8, 4) is 11.5 Å². The lowest BCUT2D eigenvalue weighted by molar-refractivity contribution is 0.00405. The van der Waals surface area contributed by atoms with Gasteiger partial charge in [0, 0.05) is 19.2 Å². The molecule has 0 bridgehead atoms. The lowest BCUT2D eigenvalue weighted by atomic mass is 10.00. The van der Waals surface area contributed by atoms with Crippen LogP contribution in [0.15, 0.2) is 35.4 Å². The molecule has 0 atom stereocenters. The molecule has 9 nitrogen and oxygen atoms in total. The molecule has 0 aliphatic rings. The van der Waals surface area contributed by atoms with E-state index in [0.29, 0.717) is 65.0 Å². The molecule has 0 unspecified atom stereocenters. The second kappa shape index (κ2) is 25.0. The zero-order valence-electron chi connectivity index (χ0n) is 26.6. The maximum Gasteiger partial charge on any atom is 0.407 e. The number of hydrogen-bond donors (Lipinski definition) is 2. The summed E-state index contributed by atoms with van der Waals surface area (Å²) in [5.41, 5.74) is 4.38. The van der Waals surface area contributed by atoms with Crippen LogP contribution in [0, 0.1) is 0 Å². The summed E-state index contributed by atoms with van der Waals surface area (Å²) in [6, 6.07) is 3.86. The van der Waals surface area contributed by atoms with Crippen molar-refractivity contribution in [3.63, 3.8) is 0 Å². The van der Waals surface area contributed by atoms with Gasteiger partial charge in [-0.3, -0.25) is 0 Å². The fourth-order valence-electron chi connectivity index (χ4n) is 3.96. The quantitative estimate of drug-likeness (QED) is 0.103. The Morgan fingerprint density at radius 2 is 1.57 bits per heavy atom. The van der Waals surface area contributed by atoms with Crippen molar-refractivity contribution in [1.82, 2.24) is 5.32 Å². The van der Waals surface area contributed by atoms with Gasteiger partial charge < -0.3 is 38.8 Å². The number of carbonyl (C=O) groups is 1. The first-order valence-electron chi connectivity index (χ1n) is 15.3. The summed E-state index contributed by atoms with van der Waals surface area (Å²) in [5, 5.41) is 13.5. The van der Waals surface area contributed by atoms with E-state index in [-0.39, 0.29) is 19.0 Å². The predicted octanol–water partition coefficient (Wildman–Crippen LogP) is 6.16. The molecule has 2 N–H and O–H groups in total. The lowest BCUT2D eigenvalue weighted by Gasteiger charge is -2.15. The number of aryl methyl sites for hydroxylation is 1. The van der Waals surface area contributed by atoms with Crippen LogP contribution in [-0.4, -0.2) is 84.3 Å². The van der Waals surface area contributed by atoms with E-state index in [9.17, 15) is 9.90 Å². The van der Waals surface area contributed by atoms with Crippen LogP contribution in [0.25, 0.3) is 0 Å². The number of amides is 1. The van der Waals surface area contributed by atoms with Gasteiger partial charge in [0.25, 0.3) is 0 Å². The molecule has 0 saturated heterocycles. The Labute approximate surface area is 253 Å². The summed E-state index contributed by atoms with van der Waals surface area (Å²) in [6.07, 6.45) is 10.6. The first-order chi connectivity index (χ1) is 20.4. The van der Waals surface area contributed by atoms with Gasteiger partial charge in [-0.15, -0.1) is 0 Å². The Kier molecular flexibility index (Phi) is 22.2. The van der Waals surface area contributed by atoms with Crippen LogP contribution in [0.1, 0.15) is 70.9 Å². The largest absolute Gasteiger partial charge is 0.508 e. The summed E-state index contributed by atoms with van der Waals surface area (Å²) in [6.45, 7) is 12.5. The van der Waals surface area contributed by atoms with E-state index in [1.165, 1.54) is 11.1 Å². The highest BCUT2D eigenvalue weighted by atomic mass is 16.6. The van der Waals surface area contributed by atoms with E-state index < -0.39 is 6.09 Å². The number of alkyl carbamates (subject to hydrolysis) is 1. The van der Waals surface area contributed by atoms with Gasteiger partial charge in [-0.05, 0) is 70.6 Å². The number of phenolic OH excluding ortho intramolecular Hbond substituents is 1. The maximum atomic E-state index is 12.0. The first kappa shape index (κ1) is 37.4. The molecular weight excluding hydrogens is 538 g/mol. The van der Waals surface area contributed by atoms with Gasteiger partial charge in [0.2, 0.25) is 0 Å². The Morgan fingerprint density at radius 1 is 0.881 bits per heavy atom. The molecule has 240 valence electrons. The molecule has 1 aromatic carbocycles.